The number of nitrogens with zero attached hydrogens (tertiary/aromatic N) is 3. The summed E-state index contributed by atoms with van der Waals surface area (Å²) in [5.74, 6) is 0.969. The molecule has 112 valence electrons. The van der Waals surface area contributed by atoms with Crippen molar-refractivity contribution in [3.05, 3.63) is 35.1 Å². The second-order valence-corrected chi connectivity index (χ2v) is 6.81. The lowest BCUT2D eigenvalue weighted by molar-refractivity contribution is 0.0761. The Morgan fingerprint density at radius 3 is 2.90 bits per heavy atom. The van der Waals surface area contributed by atoms with E-state index in [9.17, 15) is 4.79 Å². The molecule has 0 N–H and O–H groups in total. The van der Waals surface area contributed by atoms with Crippen LogP contribution in [-0.2, 0) is 0 Å². The molecule has 21 heavy (non-hydrogen) atoms. The van der Waals surface area contributed by atoms with E-state index >= 15 is 0 Å². The predicted molar refractivity (Wildman–Crippen MR) is 90.0 cm³/mol. The van der Waals surface area contributed by atoms with Crippen molar-refractivity contribution in [2.24, 2.45) is 0 Å². The van der Waals surface area contributed by atoms with Crippen LogP contribution in [0.15, 0.2) is 24.5 Å². The van der Waals surface area contributed by atoms with Gasteiger partial charge in [0.1, 0.15) is 9.88 Å². The Labute approximate surface area is 133 Å². The second kappa shape index (κ2) is 7.04. The summed E-state index contributed by atoms with van der Waals surface area (Å²) >= 11 is 3.18. The monoisotopic (exact) mass is 321 g/mol. The molecular weight excluding hydrogens is 302 g/mol. The Hall–Kier alpha value is -1.40. The highest BCUT2D eigenvalue weighted by Crippen LogP contribution is 2.28. The van der Waals surface area contributed by atoms with Gasteiger partial charge in [0.25, 0.3) is 5.91 Å². The third-order valence-electron chi connectivity index (χ3n) is 3.29. The van der Waals surface area contributed by atoms with Crippen LogP contribution in [0.25, 0.3) is 10.6 Å². The minimum Gasteiger partial charge on any atom is -0.337 e. The van der Waals surface area contributed by atoms with Crippen molar-refractivity contribution >= 4 is 29.0 Å². The third kappa shape index (κ3) is 3.63. The lowest BCUT2D eigenvalue weighted by Gasteiger charge is -2.23. The highest BCUT2D eigenvalue weighted by atomic mass is 32.2. The number of amides is 1. The molecule has 0 saturated heterocycles. The molecule has 6 heteroatoms. The van der Waals surface area contributed by atoms with Crippen LogP contribution in [0.4, 0.5) is 0 Å². The maximum atomic E-state index is 12.6. The highest BCUT2D eigenvalue weighted by molar-refractivity contribution is 7.98. The molecule has 0 aliphatic rings. The van der Waals surface area contributed by atoms with E-state index in [4.69, 9.17) is 0 Å². The number of pyridine rings is 1. The molecule has 0 aliphatic carbocycles. The fourth-order valence-electron chi connectivity index (χ4n) is 1.92. The van der Waals surface area contributed by atoms with Gasteiger partial charge in [0.2, 0.25) is 0 Å². The number of hydrogen-bond donors (Lipinski definition) is 0. The Morgan fingerprint density at radius 2 is 2.29 bits per heavy atom. The van der Waals surface area contributed by atoms with Crippen molar-refractivity contribution in [2.45, 2.75) is 19.9 Å². The van der Waals surface area contributed by atoms with Crippen molar-refractivity contribution in [3.8, 4) is 10.6 Å². The van der Waals surface area contributed by atoms with E-state index in [1.54, 1.807) is 29.1 Å². The van der Waals surface area contributed by atoms with E-state index in [1.807, 2.05) is 32.4 Å². The number of hydrogen-bond acceptors (Lipinski definition) is 5. The lowest BCUT2D eigenvalue weighted by atomic mass is 10.3. The Kier molecular flexibility index (Phi) is 5.36. The van der Waals surface area contributed by atoms with Crippen molar-refractivity contribution in [1.82, 2.24) is 14.9 Å². The maximum absolute atomic E-state index is 12.6. The van der Waals surface area contributed by atoms with E-state index < -0.39 is 0 Å². The minimum atomic E-state index is 0.0432. The third-order valence-corrected chi connectivity index (χ3v) is 5.30. The molecule has 0 saturated carbocycles. The van der Waals surface area contributed by atoms with E-state index in [0.717, 1.165) is 22.0 Å². The molecule has 0 fully saturated rings. The van der Waals surface area contributed by atoms with Gasteiger partial charge in [0, 0.05) is 36.8 Å². The number of thioether (sulfide) groups is 1. The van der Waals surface area contributed by atoms with Crippen LogP contribution in [0.1, 0.15) is 22.3 Å². The Balaban J connectivity index is 2.25. The quantitative estimate of drug-likeness (QED) is 0.847. The summed E-state index contributed by atoms with van der Waals surface area (Å²) in [6.45, 7) is 3.95. The van der Waals surface area contributed by atoms with E-state index in [-0.39, 0.29) is 11.9 Å². The van der Waals surface area contributed by atoms with E-state index in [2.05, 4.69) is 16.9 Å². The van der Waals surface area contributed by atoms with Gasteiger partial charge in [-0.1, -0.05) is 0 Å². The molecule has 0 bridgehead atoms. The molecule has 2 heterocycles. The minimum absolute atomic E-state index is 0.0432. The first-order chi connectivity index (χ1) is 10.0. The molecule has 1 atom stereocenters. The van der Waals surface area contributed by atoms with Crippen LogP contribution >= 0.6 is 23.1 Å². The molecule has 0 aromatic carbocycles. The zero-order chi connectivity index (χ0) is 15.4. The van der Waals surface area contributed by atoms with Crippen molar-refractivity contribution in [2.75, 3.05) is 19.1 Å². The fourth-order valence-corrected chi connectivity index (χ4v) is 3.67. The molecule has 2 aromatic heterocycles. The van der Waals surface area contributed by atoms with E-state index in [1.165, 1.54) is 11.3 Å². The summed E-state index contributed by atoms with van der Waals surface area (Å²) < 4.78 is 0. The van der Waals surface area contributed by atoms with E-state index in [0.29, 0.717) is 4.88 Å². The largest absolute Gasteiger partial charge is 0.337 e. The van der Waals surface area contributed by atoms with Gasteiger partial charge in [-0.05, 0) is 32.2 Å². The standard InChI is InChI=1S/C15H19N3OS2/c1-10(9-20-4)18(3)15(19)13-11(2)17-14(21-13)12-6-5-7-16-8-12/h5-8,10H,9H2,1-4H3/t10-/m0/s1. The van der Waals surface area contributed by atoms with Gasteiger partial charge in [-0.2, -0.15) is 11.8 Å². The van der Waals surface area contributed by atoms with Crippen LogP contribution in [0.3, 0.4) is 0 Å². The number of aromatic nitrogens is 2. The number of rotatable bonds is 5. The molecule has 2 aromatic rings. The summed E-state index contributed by atoms with van der Waals surface area (Å²) in [4.78, 5) is 23.7. The first kappa shape index (κ1) is 16.0. The normalized spacial score (nSPS) is 12.2. The van der Waals surface area contributed by atoms with Gasteiger partial charge in [-0.15, -0.1) is 11.3 Å². The maximum Gasteiger partial charge on any atom is 0.265 e. The summed E-state index contributed by atoms with van der Waals surface area (Å²) in [5.41, 5.74) is 1.73. The topological polar surface area (TPSA) is 46.1 Å². The summed E-state index contributed by atoms with van der Waals surface area (Å²) in [5, 5.41) is 0.842. The Bertz CT molecular complexity index is 613. The Morgan fingerprint density at radius 1 is 1.52 bits per heavy atom. The number of carbonyl (C=O) groups is 1. The van der Waals surface area contributed by atoms with Gasteiger partial charge in [-0.3, -0.25) is 9.78 Å². The van der Waals surface area contributed by atoms with Crippen molar-refractivity contribution < 1.29 is 4.79 Å². The van der Waals surface area contributed by atoms with Gasteiger partial charge < -0.3 is 4.90 Å². The smallest absolute Gasteiger partial charge is 0.265 e. The molecule has 4 nitrogen and oxygen atoms in total. The molecule has 0 aliphatic heterocycles. The number of carbonyl (C=O) groups excluding carboxylic acids is 1. The van der Waals surface area contributed by atoms with Gasteiger partial charge in [0.15, 0.2) is 0 Å². The molecular formula is C15H19N3OS2. The predicted octanol–water partition coefficient (Wildman–Crippen LogP) is 3.34. The van der Waals surface area contributed by atoms with Crippen molar-refractivity contribution in [3.63, 3.8) is 0 Å². The van der Waals surface area contributed by atoms with Crippen LogP contribution < -0.4 is 0 Å². The zero-order valence-corrected chi connectivity index (χ0v) is 14.3. The van der Waals surface area contributed by atoms with Crippen LogP contribution in [0, 0.1) is 6.92 Å². The van der Waals surface area contributed by atoms with Crippen LogP contribution in [0.5, 0.6) is 0 Å². The SMILES string of the molecule is CSC[C@H](C)N(C)C(=O)c1sc(-c2cccnc2)nc1C. The first-order valence-corrected chi connectivity index (χ1v) is 8.89. The highest BCUT2D eigenvalue weighted by Gasteiger charge is 2.22. The molecule has 0 radical (unpaired) electrons. The fraction of sp³-hybridized carbons (Fsp3) is 0.400. The van der Waals surface area contributed by atoms with Crippen LogP contribution in [-0.4, -0.2) is 45.9 Å². The van der Waals surface area contributed by atoms with Gasteiger partial charge in [0.05, 0.1) is 5.69 Å². The summed E-state index contributed by atoms with van der Waals surface area (Å²) in [6.07, 6.45) is 5.55. The molecule has 2 rings (SSSR count). The summed E-state index contributed by atoms with van der Waals surface area (Å²) in [6, 6.07) is 4.04. The lowest BCUT2D eigenvalue weighted by Crippen LogP contribution is -2.36. The average Bonchev–Trinajstić information content (AvgIpc) is 2.89. The second-order valence-electron chi connectivity index (χ2n) is 4.90. The average molecular weight is 321 g/mol. The zero-order valence-electron chi connectivity index (χ0n) is 12.7. The van der Waals surface area contributed by atoms with Crippen LogP contribution in [0.2, 0.25) is 0 Å². The molecule has 0 spiro atoms. The number of aryl methyl sites for hydroxylation is 1. The molecule has 0 unspecified atom stereocenters. The summed E-state index contributed by atoms with van der Waals surface area (Å²) in [7, 11) is 1.85. The first-order valence-electron chi connectivity index (χ1n) is 6.68. The number of thiazole rings is 1. The van der Waals surface area contributed by atoms with Gasteiger partial charge in [-0.25, -0.2) is 4.98 Å². The molecule has 1 amide bonds. The van der Waals surface area contributed by atoms with Gasteiger partial charge >= 0.3 is 0 Å². The van der Waals surface area contributed by atoms with Crippen molar-refractivity contribution in [1.29, 1.82) is 0 Å².